The Labute approximate surface area is 148 Å². The van der Waals surface area contributed by atoms with Crippen molar-refractivity contribution in [3.8, 4) is 11.8 Å². The van der Waals surface area contributed by atoms with Gasteiger partial charge in [0.2, 0.25) is 5.91 Å². The van der Waals surface area contributed by atoms with Crippen molar-refractivity contribution in [2.75, 3.05) is 25.5 Å². The van der Waals surface area contributed by atoms with E-state index in [4.69, 9.17) is 10.00 Å². The second kappa shape index (κ2) is 9.26. The van der Waals surface area contributed by atoms with Crippen molar-refractivity contribution in [1.82, 2.24) is 4.90 Å². The molecule has 2 aromatic carbocycles. The van der Waals surface area contributed by atoms with E-state index >= 15 is 0 Å². The maximum absolute atomic E-state index is 12.2. The van der Waals surface area contributed by atoms with Crippen LogP contribution in [0.4, 0.5) is 5.69 Å². The number of para-hydroxylation sites is 1. The molecule has 0 bridgehead atoms. The molecule has 5 nitrogen and oxygen atoms in total. The van der Waals surface area contributed by atoms with E-state index in [-0.39, 0.29) is 12.5 Å². The van der Waals surface area contributed by atoms with Crippen LogP contribution in [-0.2, 0) is 11.3 Å². The summed E-state index contributed by atoms with van der Waals surface area (Å²) in [5.41, 5.74) is 2.07. The van der Waals surface area contributed by atoms with Gasteiger partial charge < -0.3 is 10.1 Å². The molecular formula is C20H21N3O2. The van der Waals surface area contributed by atoms with E-state index in [1.807, 2.05) is 36.2 Å². The molecular weight excluding hydrogens is 314 g/mol. The van der Waals surface area contributed by atoms with Gasteiger partial charge in [0.1, 0.15) is 18.4 Å². The molecule has 1 N–H and O–H groups in total. The molecule has 0 aliphatic carbocycles. The number of anilines is 1. The fourth-order valence-corrected chi connectivity index (χ4v) is 2.34. The molecule has 0 saturated carbocycles. The Morgan fingerprint density at radius 2 is 2.00 bits per heavy atom. The lowest BCUT2D eigenvalue weighted by Gasteiger charge is -2.17. The third-order valence-corrected chi connectivity index (χ3v) is 3.48. The number of likely N-dealkylation sites (N-methyl/N-ethyl adjacent to an activating group) is 1. The lowest BCUT2D eigenvalue weighted by Crippen LogP contribution is -2.30. The number of ether oxygens (including phenoxy) is 1. The van der Waals surface area contributed by atoms with Crippen LogP contribution in [0.2, 0.25) is 0 Å². The van der Waals surface area contributed by atoms with E-state index in [2.05, 4.69) is 18.0 Å². The predicted molar refractivity (Wildman–Crippen MR) is 98.3 cm³/mol. The smallest absolute Gasteiger partial charge is 0.238 e. The lowest BCUT2D eigenvalue weighted by molar-refractivity contribution is -0.117. The number of carbonyl (C=O) groups is 1. The summed E-state index contributed by atoms with van der Waals surface area (Å²) < 4.78 is 5.45. The molecule has 2 rings (SSSR count). The van der Waals surface area contributed by atoms with Crippen LogP contribution in [0.5, 0.6) is 5.75 Å². The van der Waals surface area contributed by atoms with Crippen molar-refractivity contribution in [2.24, 2.45) is 0 Å². The van der Waals surface area contributed by atoms with Gasteiger partial charge in [-0.3, -0.25) is 9.69 Å². The third kappa shape index (κ3) is 5.79. The zero-order valence-electron chi connectivity index (χ0n) is 14.2. The molecule has 1 amide bonds. The Morgan fingerprint density at radius 3 is 2.68 bits per heavy atom. The Hall–Kier alpha value is -3.10. The number of hydrogen-bond acceptors (Lipinski definition) is 4. The quantitative estimate of drug-likeness (QED) is 0.753. The zero-order valence-corrected chi connectivity index (χ0v) is 14.2. The lowest BCUT2D eigenvalue weighted by atomic mass is 10.2. The van der Waals surface area contributed by atoms with Gasteiger partial charge in [0.05, 0.1) is 17.8 Å². The Balaban J connectivity index is 1.87. The van der Waals surface area contributed by atoms with Gasteiger partial charge in [-0.25, -0.2) is 0 Å². The first-order valence-electron chi connectivity index (χ1n) is 7.92. The molecule has 0 aliphatic heterocycles. The average Bonchev–Trinajstić information content (AvgIpc) is 2.61. The highest BCUT2D eigenvalue weighted by molar-refractivity contribution is 5.93. The summed E-state index contributed by atoms with van der Waals surface area (Å²) in [4.78, 5) is 14.1. The molecule has 0 saturated heterocycles. The second-order valence-corrected chi connectivity index (χ2v) is 5.62. The van der Waals surface area contributed by atoms with Gasteiger partial charge >= 0.3 is 0 Å². The molecule has 0 aromatic heterocycles. The van der Waals surface area contributed by atoms with Crippen molar-refractivity contribution in [3.63, 3.8) is 0 Å². The Bertz CT molecular complexity index is 763. The van der Waals surface area contributed by atoms with E-state index in [1.165, 1.54) is 0 Å². The molecule has 0 unspecified atom stereocenters. The third-order valence-electron chi connectivity index (χ3n) is 3.48. The van der Waals surface area contributed by atoms with Gasteiger partial charge in [0.15, 0.2) is 0 Å². The molecule has 128 valence electrons. The fraction of sp³-hybridized carbons (Fsp3) is 0.200. The summed E-state index contributed by atoms with van der Waals surface area (Å²) in [5.74, 6) is 0.633. The summed E-state index contributed by atoms with van der Waals surface area (Å²) in [7, 11) is 1.87. The topological polar surface area (TPSA) is 65.4 Å². The summed E-state index contributed by atoms with van der Waals surface area (Å²) in [5, 5.41) is 11.8. The number of benzene rings is 2. The van der Waals surface area contributed by atoms with Gasteiger partial charge in [0, 0.05) is 6.54 Å². The van der Waals surface area contributed by atoms with Crippen LogP contribution in [0.25, 0.3) is 0 Å². The minimum Gasteiger partial charge on any atom is -0.490 e. The van der Waals surface area contributed by atoms with Gasteiger partial charge in [-0.05, 0) is 36.9 Å². The summed E-state index contributed by atoms with van der Waals surface area (Å²) in [6, 6.07) is 16.8. The minimum atomic E-state index is -0.156. The Morgan fingerprint density at radius 1 is 1.28 bits per heavy atom. The van der Waals surface area contributed by atoms with Crippen molar-refractivity contribution in [3.05, 3.63) is 72.3 Å². The number of hydrogen-bond donors (Lipinski definition) is 1. The van der Waals surface area contributed by atoms with E-state index in [0.29, 0.717) is 24.4 Å². The highest BCUT2D eigenvalue weighted by Crippen LogP contribution is 2.15. The normalized spacial score (nSPS) is 10.1. The van der Waals surface area contributed by atoms with Crippen LogP contribution >= 0.6 is 0 Å². The largest absolute Gasteiger partial charge is 0.490 e. The van der Waals surface area contributed by atoms with Crippen LogP contribution in [0.15, 0.2) is 61.2 Å². The first-order valence-corrected chi connectivity index (χ1v) is 7.92. The van der Waals surface area contributed by atoms with E-state index in [0.717, 1.165) is 11.3 Å². The van der Waals surface area contributed by atoms with Crippen molar-refractivity contribution < 1.29 is 9.53 Å². The average molecular weight is 335 g/mol. The summed E-state index contributed by atoms with van der Waals surface area (Å²) in [6.45, 7) is 4.95. The SMILES string of the molecule is C=CCOc1ccc(CN(C)CC(=O)Nc2ccccc2C#N)cc1. The standard InChI is InChI=1S/C20H21N3O2/c1-3-12-25-18-10-8-16(9-11-18)14-23(2)15-20(24)22-19-7-5-4-6-17(19)13-21/h3-11H,1,12,14-15H2,2H3,(H,22,24). The second-order valence-electron chi connectivity index (χ2n) is 5.62. The molecule has 0 spiro atoms. The van der Waals surface area contributed by atoms with E-state index < -0.39 is 0 Å². The van der Waals surface area contributed by atoms with Crippen molar-refractivity contribution in [2.45, 2.75) is 6.54 Å². The molecule has 0 fully saturated rings. The van der Waals surface area contributed by atoms with E-state index in [1.54, 1.807) is 30.3 Å². The molecule has 2 aromatic rings. The number of amides is 1. The first kappa shape index (κ1) is 18.2. The minimum absolute atomic E-state index is 0.156. The van der Waals surface area contributed by atoms with Gasteiger partial charge in [-0.15, -0.1) is 0 Å². The zero-order chi connectivity index (χ0) is 18.1. The maximum atomic E-state index is 12.2. The predicted octanol–water partition coefficient (Wildman–Crippen LogP) is 3.19. The van der Waals surface area contributed by atoms with Crippen LogP contribution < -0.4 is 10.1 Å². The molecule has 5 heteroatoms. The van der Waals surface area contributed by atoms with E-state index in [9.17, 15) is 4.79 Å². The molecule has 0 radical (unpaired) electrons. The van der Waals surface area contributed by atoms with Crippen LogP contribution in [-0.4, -0.2) is 31.0 Å². The fourth-order valence-electron chi connectivity index (χ4n) is 2.34. The number of nitrogens with zero attached hydrogens (tertiary/aromatic N) is 2. The summed E-state index contributed by atoms with van der Waals surface area (Å²) in [6.07, 6.45) is 1.70. The Kier molecular flexibility index (Phi) is 6.76. The number of rotatable bonds is 8. The monoisotopic (exact) mass is 335 g/mol. The molecule has 0 aliphatic rings. The first-order chi connectivity index (χ1) is 12.1. The molecule has 0 atom stereocenters. The van der Waals surface area contributed by atoms with Crippen LogP contribution in [0, 0.1) is 11.3 Å². The number of carbonyl (C=O) groups excluding carboxylic acids is 1. The highest BCUT2D eigenvalue weighted by atomic mass is 16.5. The van der Waals surface area contributed by atoms with Crippen LogP contribution in [0.1, 0.15) is 11.1 Å². The molecule has 25 heavy (non-hydrogen) atoms. The molecule has 0 heterocycles. The maximum Gasteiger partial charge on any atom is 0.238 e. The van der Waals surface area contributed by atoms with Crippen LogP contribution in [0.3, 0.4) is 0 Å². The van der Waals surface area contributed by atoms with Gasteiger partial charge in [-0.2, -0.15) is 5.26 Å². The highest BCUT2D eigenvalue weighted by Gasteiger charge is 2.10. The van der Waals surface area contributed by atoms with Crippen molar-refractivity contribution >= 4 is 11.6 Å². The number of nitrogens with one attached hydrogen (secondary N) is 1. The van der Waals surface area contributed by atoms with Gasteiger partial charge in [-0.1, -0.05) is 36.9 Å². The van der Waals surface area contributed by atoms with Gasteiger partial charge in [0.25, 0.3) is 0 Å². The summed E-state index contributed by atoms with van der Waals surface area (Å²) >= 11 is 0. The van der Waals surface area contributed by atoms with Crippen molar-refractivity contribution in [1.29, 1.82) is 5.26 Å². The number of nitriles is 1.